The van der Waals surface area contributed by atoms with Crippen LogP contribution in [0.3, 0.4) is 0 Å². The minimum Gasteiger partial charge on any atom is -0.397 e. The molecule has 1 heterocycles. The van der Waals surface area contributed by atoms with Gasteiger partial charge in [-0.2, -0.15) is 13.2 Å². The van der Waals surface area contributed by atoms with Gasteiger partial charge in [0.05, 0.1) is 28.6 Å². The number of morpholine rings is 1. The second-order valence-corrected chi connectivity index (χ2v) is 5.84. The number of benzene rings is 1. The Morgan fingerprint density at radius 1 is 1.35 bits per heavy atom. The maximum Gasteiger partial charge on any atom is 0.416 e. The van der Waals surface area contributed by atoms with Crippen LogP contribution in [0.1, 0.15) is 26.3 Å². The van der Waals surface area contributed by atoms with Crippen molar-refractivity contribution < 1.29 is 17.9 Å². The molecule has 20 heavy (non-hydrogen) atoms. The molecule has 0 amide bonds. The van der Waals surface area contributed by atoms with E-state index in [4.69, 9.17) is 10.5 Å². The molecule has 1 aromatic carbocycles. The number of ether oxygens (including phenoxy) is 1. The number of nitrogens with two attached hydrogens (primary N) is 1. The number of anilines is 2. The standard InChI is InChI=1S/C14H19F3N2O/c1-9-7-19(8-13(2,3)20-9)12-5-4-10(6-11(12)18)14(15,16)17/h4-6,9H,7-8,18H2,1-3H3. The van der Waals surface area contributed by atoms with Gasteiger partial charge in [-0.3, -0.25) is 0 Å². The molecule has 1 aromatic rings. The second-order valence-electron chi connectivity index (χ2n) is 5.84. The van der Waals surface area contributed by atoms with E-state index < -0.39 is 11.7 Å². The lowest BCUT2D eigenvalue weighted by Gasteiger charge is -2.43. The smallest absolute Gasteiger partial charge is 0.397 e. The predicted octanol–water partition coefficient (Wildman–Crippen LogP) is 3.29. The Morgan fingerprint density at radius 2 is 2.00 bits per heavy atom. The van der Waals surface area contributed by atoms with Gasteiger partial charge < -0.3 is 15.4 Å². The van der Waals surface area contributed by atoms with Gasteiger partial charge in [0.25, 0.3) is 0 Å². The average Bonchev–Trinajstić information content (AvgIpc) is 2.24. The highest BCUT2D eigenvalue weighted by Gasteiger charge is 2.34. The summed E-state index contributed by atoms with van der Waals surface area (Å²) in [5.74, 6) is 0. The monoisotopic (exact) mass is 288 g/mol. The molecule has 1 unspecified atom stereocenters. The summed E-state index contributed by atoms with van der Waals surface area (Å²) in [6.07, 6.45) is -4.37. The number of nitrogen functional groups attached to an aromatic ring is 1. The lowest BCUT2D eigenvalue weighted by atomic mass is 10.0. The molecule has 2 rings (SSSR count). The van der Waals surface area contributed by atoms with Crippen LogP contribution in [0.2, 0.25) is 0 Å². The van der Waals surface area contributed by atoms with Gasteiger partial charge in [0.15, 0.2) is 0 Å². The zero-order valence-corrected chi connectivity index (χ0v) is 11.8. The van der Waals surface area contributed by atoms with Gasteiger partial charge in [0.2, 0.25) is 0 Å². The van der Waals surface area contributed by atoms with Gasteiger partial charge in [-0.15, -0.1) is 0 Å². The summed E-state index contributed by atoms with van der Waals surface area (Å²) in [6, 6.07) is 3.49. The van der Waals surface area contributed by atoms with Gasteiger partial charge in [-0.05, 0) is 39.0 Å². The van der Waals surface area contributed by atoms with E-state index in [-0.39, 0.29) is 17.4 Å². The Kier molecular flexibility index (Phi) is 3.62. The first-order valence-electron chi connectivity index (χ1n) is 6.48. The number of alkyl halides is 3. The minimum absolute atomic E-state index is 0.000410. The van der Waals surface area contributed by atoms with Crippen LogP contribution in [-0.2, 0) is 10.9 Å². The van der Waals surface area contributed by atoms with Crippen molar-refractivity contribution in [2.24, 2.45) is 0 Å². The SMILES string of the molecule is CC1CN(c2ccc(C(F)(F)F)cc2N)CC(C)(C)O1. The first kappa shape index (κ1) is 15.0. The highest BCUT2D eigenvalue weighted by Crippen LogP contribution is 2.35. The first-order valence-corrected chi connectivity index (χ1v) is 6.48. The molecular formula is C14H19F3N2O. The third-order valence-electron chi connectivity index (χ3n) is 3.26. The van der Waals surface area contributed by atoms with Crippen LogP contribution in [0, 0.1) is 0 Å². The maximum atomic E-state index is 12.6. The Hall–Kier alpha value is -1.43. The van der Waals surface area contributed by atoms with Gasteiger partial charge in [-0.25, -0.2) is 0 Å². The lowest BCUT2D eigenvalue weighted by Crippen LogP contribution is -2.52. The van der Waals surface area contributed by atoms with Crippen molar-refractivity contribution in [3.05, 3.63) is 23.8 Å². The molecule has 6 heteroatoms. The molecule has 1 saturated heterocycles. The minimum atomic E-state index is -4.37. The summed E-state index contributed by atoms with van der Waals surface area (Å²) in [7, 11) is 0. The van der Waals surface area contributed by atoms with E-state index in [0.29, 0.717) is 18.8 Å². The average molecular weight is 288 g/mol. The number of rotatable bonds is 1. The molecule has 3 nitrogen and oxygen atoms in total. The molecule has 0 saturated carbocycles. The van der Waals surface area contributed by atoms with E-state index in [1.165, 1.54) is 6.07 Å². The van der Waals surface area contributed by atoms with E-state index in [2.05, 4.69) is 0 Å². The molecule has 1 aliphatic heterocycles. The van der Waals surface area contributed by atoms with Gasteiger partial charge in [-0.1, -0.05) is 0 Å². The molecule has 0 aliphatic carbocycles. The van der Waals surface area contributed by atoms with Crippen LogP contribution in [0.4, 0.5) is 24.5 Å². The largest absolute Gasteiger partial charge is 0.416 e. The van der Waals surface area contributed by atoms with Crippen LogP contribution < -0.4 is 10.6 Å². The van der Waals surface area contributed by atoms with Crippen LogP contribution in [0.5, 0.6) is 0 Å². The van der Waals surface area contributed by atoms with Gasteiger partial charge >= 0.3 is 6.18 Å². The fraction of sp³-hybridized carbons (Fsp3) is 0.571. The Morgan fingerprint density at radius 3 is 2.50 bits per heavy atom. The third-order valence-corrected chi connectivity index (χ3v) is 3.26. The second kappa shape index (κ2) is 4.84. The quantitative estimate of drug-likeness (QED) is 0.806. The Labute approximate surface area is 116 Å². The number of nitrogens with zero attached hydrogens (tertiary/aromatic N) is 1. The summed E-state index contributed by atoms with van der Waals surface area (Å²) >= 11 is 0. The van der Waals surface area contributed by atoms with Crippen molar-refractivity contribution in [3.8, 4) is 0 Å². The highest BCUT2D eigenvalue weighted by molar-refractivity contribution is 5.69. The van der Waals surface area contributed by atoms with Crippen LogP contribution in [0.15, 0.2) is 18.2 Å². The normalized spacial score (nSPS) is 22.9. The van der Waals surface area contributed by atoms with Crippen LogP contribution in [0.25, 0.3) is 0 Å². The summed E-state index contributed by atoms with van der Waals surface area (Å²) in [5.41, 5.74) is 5.49. The number of hydrogen-bond acceptors (Lipinski definition) is 3. The van der Waals surface area contributed by atoms with Crippen molar-refractivity contribution in [1.82, 2.24) is 0 Å². The van der Waals surface area contributed by atoms with Crippen molar-refractivity contribution in [2.45, 2.75) is 38.7 Å². The zero-order valence-electron chi connectivity index (χ0n) is 11.8. The van der Waals surface area contributed by atoms with Crippen LogP contribution >= 0.6 is 0 Å². The molecular weight excluding hydrogens is 269 g/mol. The maximum absolute atomic E-state index is 12.6. The Balaban J connectivity index is 2.29. The number of hydrogen-bond donors (Lipinski definition) is 1. The fourth-order valence-electron chi connectivity index (χ4n) is 2.66. The third kappa shape index (κ3) is 3.17. The Bertz CT molecular complexity index is 500. The van der Waals surface area contributed by atoms with E-state index in [1.807, 2.05) is 25.7 Å². The van der Waals surface area contributed by atoms with Gasteiger partial charge in [0.1, 0.15) is 0 Å². The summed E-state index contributed by atoms with van der Waals surface area (Å²) in [4.78, 5) is 1.98. The topological polar surface area (TPSA) is 38.5 Å². The molecule has 1 aliphatic rings. The fourth-order valence-corrected chi connectivity index (χ4v) is 2.66. The lowest BCUT2D eigenvalue weighted by molar-refractivity contribution is -0.137. The van der Waals surface area contributed by atoms with E-state index >= 15 is 0 Å². The summed E-state index contributed by atoms with van der Waals surface area (Å²) in [6.45, 7) is 7.05. The molecule has 1 fully saturated rings. The van der Waals surface area contributed by atoms with Crippen molar-refractivity contribution in [3.63, 3.8) is 0 Å². The molecule has 1 atom stereocenters. The van der Waals surface area contributed by atoms with E-state index in [0.717, 1.165) is 12.1 Å². The number of halogens is 3. The molecule has 0 aromatic heterocycles. The highest BCUT2D eigenvalue weighted by atomic mass is 19.4. The molecule has 0 radical (unpaired) electrons. The molecule has 0 spiro atoms. The van der Waals surface area contributed by atoms with E-state index in [1.54, 1.807) is 0 Å². The summed E-state index contributed by atoms with van der Waals surface area (Å²) < 4.78 is 43.7. The predicted molar refractivity (Wildman–Crippen MR) is 72.7 cm³/mol. The van der Waals surface area contributed by atoms with Crippen molar-refractivity contribution in [2.75, 3.05) is 23.7 Å². The van der Waals surface area contributed by atoms with E-state index in [9.17, 15) is 13.2 Å². The van der Waals surface area contributed by atoms with Gasteiger partial charge in [0, 0.05) is 13.1 Å². The van der Waals surface area contributed by atoms with Crippen molar-refractivity contribution >= 4 is 11.4 Å². The molecule has 2 N–H and O–H groups in total. The van der Waals surface area contributed by atoms with Crippen LogP contribution in [-0.4, -0.2) is 24.8 Å². The molecule has 0 bridgehead atoms. The summed E-state index contributed by atoms with van der Waals surface area (Å²) in [5, 5.41) is 0. The molecule has 112 valence electrons. The first-order chi connectivity index (χ1) is 9.08. The zero-order chi connectivity index (χ0) is 15.1. The van der Waals surface area contributed by atoms with Crippen molar-refractivity contribution in [1.29, 1.82) is 0 Å².